The summed E-state index contributed by atoms with van der Waals surface area (Å²) in [6.45, 7) is 4.44. The number of hydrogen-bond acceptors (Lipinski definition) is 3. The van der Waals surface area contributed by atoms with Crippen LogP contribution in [0.2, 0.25) is 0 Å². The molecule has 0 spiro atoms. The molecule has 3 fully saturated rings. The summed E-state index contributed by atoms with van der Waals surface area (Å²) >= 11 is 2.17. The molecule has 0 unspecified atom stereocenters. The Hall–Kier alpha value is -0.520. The first-order valence-electron chi connectivity index (χ1n) is 9.66. The van der Waals surface area contributed by atoms with Crippen LogP contribution in [0.5, 0.6) is 0 Å². The Balaban J connectivity index is 1.71. The number of allylic oxidation sites excluding steroid dienone is 1. The number of carbonyl (C=O) groups is 3. The van der Waals surface area contributed by atoms with Crippen molar-refractivity contribution < 1.29 is 14.4 Å². The van der Waals surface area contributed by atoms with E-state index in [2.05, 4.69) is 36.4 Å². The van der Waals surface area contributed by atoms with Crippen molar-refractivity contribution in [1.29, 1.82) is 0 Å². The Bertz CT molecular complexity index is 681. The van der Waals surface area contributed by atoms with Crippen LogP contribution in [0.4, 0.5) is 0 Å². The summed E-state index contributed by atoms with van der Waals surface area (Å²) in [4.78, 5) is 37.7. The highest BCUT2D eigenvalue weighted by Gasteiger charge is 2.62. The summed E-state index contributed by atoms with van der Waals surface area (Å²) < 4.78 is 0.555. The molecule has 0 amide bonds. The first kappa shape index (κ1) is 17.9. The number of Topliss-reactive ketones (excluding diaryl/α,β-unsaturated/α-hetero) is 2. The van der Waals surface area contributed by atoms with Crippen molar-refractivity contribution in [3.05, 3.63) is 11.6 Å². The van der Waals surface area contributed by atoms with Crippen LogP contribution >= 0.6 is 22.6 Å². The van der Waals surface area contributed by atoms with Gasteiger partial charge in [0.15, 0.2) is 5.78 Å². The highest BCUT2D eigenvalue weighted by atomic mass is 127. The number of fused-ring (bicyclic) bond motifs is 5. The van der Waals surface area contributed by atoms with Crippen molar-refractivity contribution in [3.63, 3.8) is 0 Å². The van der Waals surface area contributed by atoms with Gasteiger partial charge in [-0.2, -0.15) is 0 Å². The molecule has 0 aromatic carbocycles. The molecule has 4 heteroatoms. The van der Waals surface area contributed by atoms with E-state index in [4.69, 9.17) is 0 Å². The maximum atomic E-state index is 13.3. The molecule has 0 aromatic rings. The summed E-state index contributed by atoms with van der Waals surface area (Å²) in [5.41, 5.74) is 0.961. The molecule has 6 atom stereocenters. The first-order valence-corrected chi connectivity index (χ1v) is 11.2. The lowest BCUT2D eigenvalue weighted by atomic mass is 9.46. The van der Waals surface area contributed by atoms with Crippen molar-refractivity contribution in [3.8, 4) is 0 Å². The lowest BCUT2D eigenvalue weighted by molar-refractivity contribution is -0.148. The number of alkyl halides is 1. The molecule has 0 aromatic heterocycles. The number of ketones is 3. The highest BCUT2D eigenvalue weighted by molar-refractivity contribution is 14.1. The molecule has 3 nitrogen and oxygen atoms in total. The second-order valence-electron chi connectivity index (χ2n) is 9.22. The molecule has 4 rings (SSSR count). The van der Waals surface area contributed by atoms with E-state index in [-0.39, 0.29) is 28.4 Å². The van der Waals surface area contributed by atoms with Gasteiger partial charge in [0.25, 0.3) is 0 Å². The van der Waals surface area contributed by atoms with Crippen LogP contribution in [0.15, 0.2) is 11.6 Å². The summed E-state index contributed by atoms with van der Waals surface area (Å²) in [6, 6.07) is 0. The van der Waals surface area contributed by atoms with Gasteiger partial charge in [-0.25, -0.2) is 0 Å². The average Bonchev–Trinajstić information content (AvgIpc) is 2.91. The van der Waals surface area contributed by atoms with Crippen LogP contribution in [-0.2, 0) is 14.4 Å². The number of carbonyl (C=O) groups excluding carboxylic acids is 3. The van der Waals surface area contributed by atoms with Gasteiger partial charge < -0.3 is 0 Å². The molecule has 3 saturated carbocycles. The molecule has 0 N–H and O–H groups in total. The van der Waals surface area contributed by atoms with Crippen LogP contribution in [0.1, 0.15) is 58.8 Å². The summed E-state index contributed by atoms with van der Waals surface area (Å²) in [5.74, 6) is 1.94. The second kappa shape index (κ2) is 6.00. The minimum Gasteiger partial charge on any atom is -0.299 e. The van der Waals surface area contributed by atoms with Crippen molar-refractivity contribution in [2.24, 2.45) is 34.5 Å². The van der Waals surface area contributed by atoms with Gasteiger partial charge in [-0.3, -0.25) is 14.4 Å². The fourth-order valence-electron chi connectivity index (χ4n) is 7.01. The number of halogens is 1. The predicted molar refractivity (Wildman–Crippen MR) is 104 cm³/mol. The third-order valence-electron chi connectivity index (χ3n) is 8.17. The standard InChI is InChI=1S/C21H27IO3/c1-20-8-7-13(23)9-12(20)3-4-14-15-5-6-16(18(25)11-22)21(15,2)10-17(24)19(14)20/h9,14-16,19H,3-8,10-11H2,1-2H3/t14-,15-,16+,19+,20-,21-/m0/s1. The van der Waals surface area contributed by atoms with E-state index in [1.807, 2.05) is 6.08 Å². The summed E-state index contributed by atoms with van der Waals surface area (Å²) in [5, 5.41) is 0. The second-order valence-corrected chi connectivity index (χ2v) is 9.98. The van der Waals surface area contributed by atoms with Crippen molar-refractivity contribution in [1.82, 2.24) is 0 Å². The Labute approximate surface area is 163 Å². The van der Waals surface area contributed by atoms with Gasteiger partial charge in [0, 0.05) is 24.7 Å². The predicted octanol–water partition coefficient (Wildman–Crippen LogP) is 4.32. The lowest BCUT2D eigenvalue weighted by Crippen LogP contribution is -2.55. The molecule has 4 aliphatic rings. The van der Waals surface area contributed by atoms with Crippen LogP contribution in [0, 0.1) is 34.5 Å². The van der Waals surface area contributed by atoms with E-state index in [0.717, 1.165) is 32.1 Å². The summed E-state index contributed by atoms with van der Waals surface area (Å²) in [7, 11) is 0. The molecule has 136 valence electrons. The van der Waals surface area contributed by atoms with Crippen LogP contribution < -0.4 is 0 Å². The van der Waals surface area contributed by atoms with E-state index in [0.29, 0.717) is 40.7 Å². The SMILES string of the molecule is C[C@]12CC(=O)[C@H]3[C@@H](CCC4=CC(=O)CC[C@@]43C)[C@@H]1CC[C@@H]2C(=O)CI. The third kappa shape index (κ3) is 2.45. The molecular formula is C21H27IO3. The summed E-state index contributed by atoms with van der Waals surface area (Å²) in [6.07, 6.45) is 7.81. The van der Waals surface area contributed by atoms with Gasteiger partial charge in [-0.05, 0) is 60.8 Å². The van der Waals surface area contributed by atoms with Gasteiger partial charge in [0.05, 0.1) is 4.43 Å². The lowest BCUT2D eigenvalue weighted by Gasteiger charge is -2.56. The zero-order chi connectivity index (χ0) is 18.0. The number of rotatable bonds is 2. The minimum atomic E-state index is -0.136. The van der Waals surface area contributed by atoms with E-state index in [1.54, 1.807) is 0 Å². The Morgan fingerprint density at radius 3 is 2.68 bits per heavy atom. The van der Waals surface area contributed by atoms with Crippen molar-refractivity contribution in [2.45, 2.75) is 58.8 Å². The zero-order valence-electron chi connectivity index (χ0n) is 15.1. The maximum absolute atomic E-state index is 13.3. The van der Waals surface area contributed by atoms with Gasteiger partial charge in [0.1, 0.15) is 11.6 Å². The van der Waals surface area contributed by atoms with Crippen LogP contribution in [0.25, 0.3) is 0 Å². The van der Waals surface area contributed by atoms with E-state index >= 15 is 0 Å². The maximum Gasteiger partial charge on any atom is 0.155 e. The smallest absolute Gasteiger partial charge is 0.155 e. The third-order valence-corrected chi connectivity index (χ3v) is 8.92. The molecule has 0 heterocycles. The van der Waals surface area contributed by atoms with Crippen LogP contribution in [-0.4, -0.2) is 21.8 Å². The van der Waals surface area contributed by atoms with Crippen LogP contribution in [0.3, 0.4) is 0 Å². The molecule has 0 bridgehead atoms. The fraction of sp³-hybridized carbons (Fsp3) is 0.762. The molecule has 25 heavy (non-hydrogen) atoms. The normalized spacial score (nSPS) is 46.1. The van der Waals surface area contributed by atoms with Gasteiger partial charge in [-0.1, -0.05) is 42.0 Å². The van der Waals surface area contributed by atoms with E-state index in [9.17, 15) is 14.4 Å². The molecule has 0 radical (unpaired) electrons. The highest BCUT2D eigenvalue weighted by Crippen LogP contribution is 2.65. The number of hydrogen-bond donors (Lipinski definition) is 0. The topological polar surface area (TPSA) is 51.2 Å². The zero-order valence-corrected chi connectivity index (χ0v) is 17.3. The largest absolute Gasteiger partial charge is 0.299 e. The monoisotopic (exact) mass is 454 g/mol. The Kier molecular flexibility index (Phi) is 4.29. The minimum absolute atomic E-state index is 0.0622. The molecular weight excluding hydrogens is 427 g/mol. The van der Waals surface area contributed by atoms with E-state index in [1.165, 1.54) is 5.57 Å². The van der Waals surface area contributed by atoms with Gasteiger partial charge in [0.2, 0.25) is 0 Å². The molecule has 0 saturated heterocycles. The Morgan fingerprint density at radius 2 is 1.96 bits per heavy atom. The van der Waals surface area contributed by atoms with Gasteiger partial charge in [-0.15, -0.1) is 0 Å². The van der Waals surface area contributed by atoms with E-state index < -0.39 is 0 Å². The average molecular weight is 454 g/mol. The van der Waals surface area contributed by atoms with Gasteiger partial charge >= 0.3 is 0 Å². The Morgan fingerprint density at radius 1 is 1.20 bits per heavy atom. The van der Waals surface area contributed by atoms with Crippen molar-refractivity contribution in [2.75, 3.05) is 4.43 Å². The molecule has 4 aliphatic carbocycles. The quantitative estimate of drug-likeness (QED) is 0.462. The molecule has 0 aliphatic heterocycles. The fourth-order valence-corrected chi connectivity index (χ4v) is 7.54. The first-order chi connectivity index (χ1) is 11.8. The van der Waals surface area contributed by atoms with Crippen molar-refractivity contribution >= 4 is 39.9 Å².